The maximum atomic E-state index is 4.52. The second-order valence-corrected chi connectivity index (χ2v) is 6.54. The van der Waals surface area contributed by atoms with Crippen molar-refractivity contribution in [3.8, 4) is 0 Å². The Hall–Kier alpha value is -0.450. The zero-order chi connectivity index (χ0) is 12.3. The van der Waals surface area contributed by atoms with Gasteiger partial charge in [0.05, 0.1) is 10.7 Å². The molecule has 0 aromatic carbocycles. The summed E-state index contributed by atoms with van der Waals surface area (Å²) in [5, 5.41) is 6.99. The summed E-state index contributed by atoms with van der Waals surface area (Å²) < 4.78 is 0. The number of hydrogen-bond donors (Lipinski definition) is 1. The van der Waals surface area contributed by atoms with Crippen LogP contribution < -0.4 is 5.32 Å². The lowest BCUT2D eigenvalue weighted by Gasteiger charge is -2.38. The Bertz CT molecular complexity index is 355. The van der Waals surface area contributed by atoms with Gasteiger partial charge < -0.3 is 5.32 Å². The van der Waals surface area contributed by atoms with Crippen molar-refractivity contribution < 1.29 is 0 Å². The summed E-state index contributed by atoms with van der Waals surface area (Å²) >= 11 is 1.74. The van der Waals surface area contributed by atoms with E-state index in [1.807, 2.05) is 0 Å². The first-order valence-corrected chi connectivity index (χ1v) is 7.30. The van der Waals surface area contributed by atoms with Crippen molar-refractivity contribution in [2.45, 2.75) is 45.2 Å². The zero-order valence-electron chi connectivity index (χ0n) is 11.1. The molecule has 1 fully saturated rings. The van der Waals surface area contributed by atoms with Crippen LogP contribution in [0.1, 0.15) is 36.9 Å². The molecule has 1 unspecified atom stereocenters. The second-order valence-electron chi connectivity index (χ2n) is 5.47. The molecule has 1 aliphatic heterocycles. The monoisotopic (exact) mass is 253 g/mol. The van der Waals surface area contributed by atoms with Gasteiger partial charge in [-0.25, -0.2) is 4.98 Å². The Morgan fingerprint density at radius 3 is 2.94 bits per heavy atom. The fourth-order valence-corrected chi connectivity index (χ4v) is 3.27. The Balaban J connectivity index is 1.85. The molecule has 0 spiro atoms. The van der Waals surface area contributed by atoms with Crippen molar-refractivity contribution in [2.75, 3.05) is 20.1 Å². The molecule has 0 saturated carbocycles. The van der Waals surface area contributed by atoms with Crippen LogP contribution in [0.3, 0.4) is 0 Å². The van der Waals surface area contributed by atoms with Crippen molar-refractivity contribution in [3.05, 3.63) is 16.1 Å². The van der Waals surface area contributed by atoms with Crippen molar-refractivity contribution in [3.63, 3.8) is 0 Å². The summed E-state index contributed by atoms with van der Waals surface area (Å²) in [7, 11) is 2.19. The quantitative estimate of drug-likeness (QED) is 0.893. The van der Waals surface area contributed by atoms with Crippen LogP contribution in [0.5, 0.6) is 0 Å². The first-order chi connectivity index (χ1) is 8.07. The van der Waals surface area contributed by atoms with E-state index in [0.29, 0.717) is 0 Å². The lowest BCUT2D eigenvalue weighted by molar-refractivity contribution is 0.182. The normalized spacial score (nSPS) is 25.4. The van der Waals surface area contributed by atoms with Gasteiger partial charge in [-0.2, -0.15) is 0 Å². The van der Waals surface area contributed by atoms with E-state index in [-0.39, 0.29) is 5.54 Å². The van der Waals surface area contributed by atoms with E-state index >= 15 is 0 Å². The molecule has 0 aliphatic carbocycles. The molecule has 0 radical (unpaired) electrons. The Morgan fingerprint density at radius 2 is 2.35 bits per heavy atom. The maximum Gasteiger partial charge on any atom is 0.0897 e. The molecular formula is C13H23N3S. The lowest BCUT2D eigenvalue weighted by atomic mass is 9.90. The van der Waals surface area contributed by atoms with Crippen molar-refractivity contribution in [1.29, 1.82) is 0 Å². The predicted molar refractivity (Wildman–Crippen MR) is 73.4 cm³/mol. The standard InChI is InChI=1S/C13H23N3S/c1-11-15-12(9-17-11)8-16(3)10-13(2)6-4-5-7-14-13/h9,14H,4-8,10H2,1-3H3. The van der Waals surface area contributed by atoms with Gasteiger partial charge in [-0.1, -0.05) is 6.42 Å². The number of nitrogens with zero attached hydrogens (tertiary/aromatic N) is 2. The van der Waals surface area contributed by atoms with Gasteiger partial charge in [0.15, 0.2) is 0 Å². The molecule has 0 bridgehead atoms. The SMILES string of the molecule is Cc1nc(CN(C)CC2(C)CCCCN2)cs1. The summed E-state index contributed by atoms with van der Waals surface area (Å²) in [6.07, 6.45) is 3.96. The van der Waals surface area contributed by atoms with Gasteiger partial charge >= 0.3 is 0 Å². The van der Waals surface area contributed by atoms with Gasteiger partial charge in [-0.3, -0.25) is 4.90 Å². The molecule has 1 aromatic heterocycles. The van der Waals surface area contributed by atoms with Crippen molar-refractivity contribution in [2.24, 2.45) is 0 Å². The van der Waals surface area contributed by atoms with Gasteiger partial charge in [-0.15, -0.1) is 11.3 Å². The number of rotatable bonds is 4. The minimum absolute atomic E-state index is 0.290. The highest BCUT2D eigenvalue weighted by Crippen LogP contribution is 2.20. The summed E-state index contributed by atoms with van der Waals surface area (Å²) in [5.41, 5.74) is 1.49. The molecule has 1 aromatic rings. The van der Waals surface area contributed by atoms with E-state index in [1.165, 1.54) is 31.5 Å². The van der Waals surface area contributed by atoms with E-state index in [1.54, 1.807) is 11.3 Å². The number of likely N-dealkylation sites (N-methyl/N-ethyl adjacent to an activating group) is 1. The molecular weight excluding hydrogens is 230 g/mol. The van der Waals surface area contributed by atoms with E-state index < -0.39 is 0 Å². The second kappa shape index (κ2) is 5.46. The third-order valence-electron chi connectivity index (χ3n) is 3.42. The van der Waals surface area contributed by atoms with Gasteiger partial charge in [0.2, 0.25) is 0 Å². The number of piperidine rings is 1. The van der Waals surface area contributed by atoms with Crippen molar-refractivity contribution >= 4 is 11.3 Å². The van der Waals surface area contributed by atoms with Gasteiger partial charge in [0.1, 0.15) is 0 Å². The first-order valence-electron chi connectivity index (χ1n) is 6.42. The highest BCUT2D eigenvalue weighted by molar-refractivity contribution is 7.09. The molecule has 17 heavy (non-hydrogen) atoms. The van der Waals surface area contributed by atoms with Crippen molar-refractivity contribution in [1.82, 2.24) is 15.2 Å². The van der Waals surface area contributed by atoms with Crippen LogP contribution in [0.2, 0.25) is 0 Å². The third-order valence-corrected chi connectivity index (χ3v) is 4.25. The van der Waals surface area contributed by atoms with Crippen LogP contribution in [-0.2, 0) is 6.54 Å². The minimum Gasteiger partial charge on any atom is -0.310 e. The number of thiazole rings is 1. The average Bonchev–Trinajstić information content (AvgIpc) is 2.63. The molecule has 0 amide bonds. The summed E-state index contributed by atoms with van der Waals surface area (Å²) in [6.45, 7) is 7.64. The topological polar surface area (TPSA) is 28.2 Å². The van der Waals surface area contributed by atoms with Crippen LogP contribution in [0.25, 0.3) is 0 Å². The minimum atomic E-state index is 0.290. The van der Waals surface area contributed by atoms with E-state index in [2.05, 4.69) is 41.5 Å². The Morgan fingerprint density at radius 1 is 1.53 bits per heavy atom. The van der Waals surface area contributed by atoms with Crippen LogP contribution in [-0.4, -0.2) is 35.6 Å². The third kappa shape index (κ3) is 3.76. The van der Waals surface area contributed by atoms with Crippen LogP contribution in [0.4, 0.5) is 0 Å². The van der Waals surface area contributed by atoms with E-state index in [9.17, 15) is 0 Å². The largest absolute Gasteiger partial charge is 0.310 e. The molecule has 1 saturated heterocycles. The highest BCUT2D eigenvalue weighted by atomic mass is 32.1. The predicted octanol–water partition coefficient (Wildman–Crippen LogP) is 2.42. The fraction of sp³-hybridized carbons (Fsp3) is 0.769. The molecule has 2 heterocycles. The van der Waals surface area contributed by atoms with Crippen LogP contribution in [0.15, 0.2) is 5.38 Å². The number of aryl methyl sites for hydroxylation is 1. The van der Waals surface area contributed by atoms with E-state index in [4.69, 9.17) is 0 Å². The first kappa shape index (κ1) is 13.0. The van der Waals surface area contributed by atoms with E-state index in [0.717, 1.165) is 18.1 Å². The molecule has 1 atom stereocenters. The smallest absolute Gasteiger partial charge is 0.0897 e. The molecule has 2 rings (SSSR count). The number of aromatic nitrogens is 1. The molecule has 1 N–H and O–H groups in total. The Kier molecular flexibility index (Phi) is 4.17. The molecule has 96 valence electrons. The van der Waals surface area contributed by atoms with Gasteiger partial charge in [0.25, 0.3) is 0 Å². The summed E-state index contributed by atoms with van der Waals surface area (Å²) in [4.78, 5) is 6.90. The highest BCUT2D eigenvalue weighted by Gasteiger charge is 2.27. The molecule has 1 aliphatic rings. The number of nitrogens with one attached hydrogen (secondary N) is 1. The molecule has 3 nitrogen and oxygen atoms in total. The zero-order valence-corrected chi connectivity index (χ0v) is 11.9. The maximum absolute atomic E-state index is 4.52. The van der Waals surface area contributed by atoms with Gasteiger partial charge in [0, 0.05) is 24.0 Å². The Labute approximate surface area is 108 Å². The molecule has 4 heteroatoms. The number of hydrogen-bond acceptors (Lipinski definition) is 4. The van der Waals surface area contributed by atoms with Crippen LogP contribution >= 0.6 is 11.3 Å². The summed E-state index contributed by atoms with van der Waals surface area (Å²) in [5.74, 6) is 0. The summed E-state index contributed by atoms with van der Waals surface area (Å²) in [6, 6.07) is 0. The lowest BCUT2D eigenvalue weighted by Crippen LogP contribution is -2.52. The average molecular weight is 253 g/mol. The fourth-order valence-electron chi connectivity index (χ4n) is 2.66. The van der Waals surface area contributed by atoms with Gasteiger partial charge in [-0.05, 0) is 40.3 Å². The van der Waals surface area contributed by atoms with Crippen LogP contribution in [0, 0.1) is 6.92 Å².